The number of amides is 1. The van der Waals surface area contributed by atoms with Gasteiger partial charge in [0.1, 0.15) is 0 Å². The van der Waals surface area contributed by atoms with Crippen LogP contribution in [0.25, 0.3) is 0 Å². The highest BCUT2D eigenvalue weighted by atomic mass is 16.3. The van der Waals surface area contributed by atoms with Gasteiger partial charge in [-0.1, -0.05) is 0 Å². The van der Waals surface area contributed by atoms with Crippen LogP contribution in [0.2, 0.25) is 0 Å². The van der Waals surface area contributed by atoms with Crippen molar-refractivity contribution >= 4 is 5.91 Å². The van der Waals surface area contributed by atoms with Gasteiger partial charge in [0.15, 0.2) is 0 Å². The van der Waals surface area contributed by atoms with Crippen LogP contribution in [0.5, 0.6) is 0 Å². The quantitative estimate of drug-likeness (QED) is 0.773. The van der Waals surface area contributed by atoms with Crippen LogP contribution in [0.3, 0.4) is 0 Å². The van der Waals surface area contributed by atoms with Crippen LogP contribution in [0.15, 0.2) is 0 Å². The van der Waals surface area contributed by atoms with Gasteiger partial charge in [-0.15, -0.1) is 0 Å². The predicted molar refractivity (Wildman–Crippen MR) is 59.2 cm³/mol. The Morgan fingerprint density at radius 1 is 1.50 bits per heavy atom. The predicted octanol–water partition coefficient (Wildman–Crippen LogP) is 0.101. The van der Waals surface area contributed by atoms with Crippen molar-refractivity contribution in [1.29, 1.82) is 0 Å². The molecule has 0 aromatic carbocycles. The maximum atomic E-state index is 12.1. The summed E-state index contributed by atoms with van der Waals surface area (Å²) in [6, 6.07) is 0. The fourth-order valence-electron chi connectivity index (χ4n) is 2.09. The molecule has 1 aromatic rings. The Morgan fingerprint density at radius 2 is 2.12 bits per heavy atom. The van der Waals surface area contributed by atoms with E-state index in [1.165, 1.54) is 0 Å². The van der Waals surface area contributed by atoms with Crippen LogP contribution < -0.4 is 0 Å². The lowest BCUT2D eigenvalue weighted by molar-refractivity contribution is 0.0360. The Labute approximate surface area is 94.7 Å². The number of aliphatic hydroxyl groups excluding tert-OH is 1. The van der Waals surface area contributed by atoms with Crippen molar-refractivity contribution in [3.8, 4) is 0 Å². The average molecular weight is 223 g/mol. The largest absolute Gasteiger partial charge is 0.396 e. The second-order valence-electron chi connectivity index (χ2n) is 4.43. The first-order chi connectivity index (χ1) is 7.54. The summed E-state index contributed by atoms with van der Waals surface area (Å²) in [6.45, 7) is 5.22. The molecule has 16 heavy (non-hydrogen) atoms. The van der Waals surface area contributed by atoms with Gasteiger partial charge in [-0.2, -0.15) is 5.10 Å². The van der Waals surface area contributed by atoms with E-state index in [2.05, 4.69) is 5.10 Å². The molecule has 0 saturated carbocycles. The summed E-state index contributed by atoms with van der Waals surface area (Å²) in [6.07, 6.45) is 0. The molecule has 1 aliphatic rings. The molecule has 2 rings (SSSR count). The zero-order chi connectivity index (χ0) is 11.9. The number of likely N-dealkylation sites (tertiary alicyclic amines) is 1. The molecule has 0 spiro atoms. The first-order valence-corrected chi connectivity index (χ1v) is 5.45. The maximum absolute atomic E-state index is 12.1. The average Bonchev–Trinajstić information content (AvgIpc) is 2.39. The van der Waals surface area contributed by atoms with E-state index in [4.69, 9.17) is 5.11 Å². The smallest absolute Gasteiger partial charge is 0.257 e. The Morgan fingerprint density at radius 3 is 2.56 bits per heavy atom. The van der Waals surface area contributed by atoms with Gasteiger partial charge in [-0.05, 0) is 13.8 Å². The van der Waals surface area contributed by atoms with Gasteiger partial charge in [-0.3, -0.25) is 9.48 Å². The topological polar surface area (TPSA) is 58.4 Å². The van der Waals surface area contributed by atoms with Crippen molar-refractivity contribution in [2.75, 3.05) is 19.7 Å². The second kappa shape index (κ2) is 3.90. The van der Waals surface area contributed by atoms with Gasteiger partial charge in [0, 0.05) is 38.4 Å². The van der Waals surface area contributed by atoms with Gasteiger partial charge in [0.25, 0.3) is 5.91 Å². The Balaban J connectivity index is 2.16. The van der Waals surface area contributed by atoms with Crippen molar-refractivity contribution in [1.82, 2.24) is 14.7 Å². The summed E-state index contributed by atoms with van der Waals surface area (Å²) in [5, 5.41) is 13.1. The van der Waals surface area contributed by atoms with Crippen LogP contribution >= 0.6 is 0 Å². The zero-order valence-corrected chi connectivity index (χ0v) is 9.90. The minimum Gasteiger partial charge on any atom is -0.396 e. The number of aromatic nitrogens is 2. The fraction of sp³-hybridized carbons (Fsp3) is 0.636. The third kappa shape index (κ3) is 1.61. The monoisotopic (exact) mass is 223 g/mol. The molecule has 0 radical (unpaired) electrons. The van der Waals surface area contributed by atoms with E-state index in [1.54, 1.807) is 9.58 Å². The lowest BCUT2D eigenvalue weighted by Crippen LogP contribution is -2.51. The lowest BCUT2D eigenvalue weighted by Gasteiger charge is -2.38. The molecular formula is C11H17N3O2. The normalized spacial score (nSPS) is 16.4. The van der Waals surface area contributed by atoms with Gasteiger partial charge >= 0.3 is 0 Å². The number of rotatable bonds is 2. The molecule has 5 heteroatoms. The molecule has 2 heterocycles. The first kappa shape index (κ1) is 11.1. The van der Waals surface area contributed by atoms with Crippen LogP contribution in [-0.2, 0) is 7.05 Å². The summed E-state index contributed by atoms with van der Waals surface area (Å²) >= 11 is 0. The zero-order valence-electron chi connectivity index (χ0n) is 9.90. The highest BCUT2D eigenvalue weighted by Crippen LogP contribution is 2.21. The standard InChI is InChI=1S/C11H17N3O2/c1-7-10(8(2)13(3)12-7)11(16)14-4-9(5-14)6-15/h9,15H,4-6H2,1-3H3. The SMILES string of the molecule is Cc1nn(C)c(C)c1C(=O)N1CC(CO)C1. The van der Waals surface area contributed by atoms with Crippen LogP contribution in [0, 0.1) is 19.8 Å². The Bertz CT molecular complexity index is 419. The minimum absolute atomic E-state index is 0.0350. The number of aryl methyl sites for hydroxylation is 2. The molecule has 1 aliphatic heterocycles. The second-order valence-corrected chi connectivity index (χ2v) is 4.43. The van der Waals surface area contributed by atoms with E-state index < -0.39 is 0 Å². The van der Waals surface area contributed by atoms with E-state index >= 15 is 0 Å². The molecule has 0 unspecified atom stereocenters. The van der Waals surface area contributed by atoms with Gasteiger partial charge in [0.2, 0.25) is 0 Å². The molecule has 1 saturated heterocycles. The molecule has 1 amide bonds. The molecule has 1 N–H and O–H groups in total. The van der Waals surface area contributed by atoms with Crippen LogP contribution in [-0.4, -0.2) is 45.4 Å². The molecule has 5 nitrogen and oxygen atoms in total. The highest BCUT2D eigenvalue weighted by molar-refractivity contribution is 5.96. The van der Waals surface area contributed by atoms with E-state index in [0.29, 0.717) is 18.7 Å². The summed E-state index contributed by atoms with van der Waals surface area (Å²) in [5.41, 5.74) is 2.38. The third-order valence-corrected chi connectivity index (χ3v) is 3.23. The van der Waals surface area contributed by atoms with Crippen molar-refractivity contribution < 1.29 is 9.90 Å². The number of hydrogen-bond acceptors (Lipinski definition) is 3. The summed E-state index contributed by atoms with van der Waals surface area (Å²) < 4.78 is 1.73. The van der Waals surface area contributed by atoms with Crippen molar-refractivity contribution in [3.05, 3.63) is 17.0 Å². The van der Waals surface area contributed by atoms with Gasteiger partial charge in [0.05, 0.1) is 11.3 Å². The molecule has 0 bridgehead atoms. The van der Waals surface area contributed by atoms with E-state index in [9.17, 15) is 4.79 Å². The van der Waals surface area contributed by atoms with E-state index in [0.717, 1.165) is 11.4 Å². The summed E-state index contributed by atoms with van der Waals surface area (Å²) in [4.78, 5) is 13.9. The minimum atomic E-state index is 0.0350. The van der Waals surface area contributed by atoms with Crippen molar-refractivity contribution in [2.24, 2.45) is 13.0 Å². The molecular weight excluding hydrogens is 206 g/mol. The van der Waals surface area contributed by atoms with Crippen molar-refractivity contribution in [3.63, 3.8) is 0 Å². The summed E-state index contributed by atoms with van der Waals surface area (Å²) in [5.74, 6) is 0.286. The number of hydrogen-bond donors (Lipinski definition) is 1. The molecule has 0 atom stereocenters. The molecule has 1 fully saturated rings. The van der Waals surface area contributed by atoms with E-state index in [1.807, 2.05) is 20.9 Å². The number of nitrogens with zero attached hydrogens (tertiary/aromatic N) is 3. The molecule has 0 aliphatic carbocycles. The maximum Gasteiger partial charge on any atom is 0.257 e. The van der Waals surface area contributed by atoms with Crippen LogP contribution in [0.4, 0.5) is 0 Å². The van der Waals surface area contributed by atoms with Gasteiger partial charge < -0.3 is 10.0 Å². The molecule has 88 valence electrons. The Hall–Kier alpha value is -1.36. The fourth-order valence-corrected chi connectivity index (χ4v) is 2.09. The number of aliphatic hydroxyl groups is 1. The van der Waals surface area contributed by atoms with Crippen molar-refractivity contribution in [2.45, 2.75) is 13.8 Å². The summed E-state index contributed by atoms with van der Waals surface area (Å²) in [7, 11) is 1.84. The third-order valence-electron chi connectivity index (χ3n) is 3.23. The lowest BCUT2D eigenvalue weighted by atomic mass is 9.99. The molecule has 1 aromatic heterocycles. The van der Waals surface area contributed by atoms with E-state index in [-0.39, 0.29) is 18.4 Å². The van der Waals surface area contributed by atoms with Crippen LogP contribution in [0.1, 0.15) is 21.7 Å². The number of carbonyl (C=O) groups excluding carboxylic acids is 1. The number of carbonyl (C=O) groups is 1. The Kier molecular flexibility index (Phi) is 2.71. The highest BCUT2D eigenvalue weighted by Gasteiger charge is 2.32. The first-order valence-electron chi connectivity index (χ1n) is 5.45. The van der Waals surface area contributed by atoms with Gasteiger partial charge in [-0.25, -0.2) is 0 Å².